The summed E-state index contributed by atoms with van der Waals surface area (Å²) in [5, 5.41) is 9.24. The standard InChI is InChI=1S/C19H19FN4O/c1-19(2,3)13-10-8-12(9-11-13)16-21-18(24-23-16)22-17(25)14-6-4-5-7-15(14)20/h4-11H,1-3H3,(H2,21,22,23,24,25). The van der Waals surface area contributed by atoms with E-state index in [0.29, 0.717) is 5.82 Å². The number of hydrogen-bond acceptors (Lipinski definition) is 3. The number of nitrogens with one attached hydrogen (secondary N) is 2. The van der Waals surface area contributed by atoms with Gasteiger partial charge in [0.2, 0.25) is 5.95 Å². The smallest absolute Gasteiger partial charge is 0.261 e. The fraction of sp³-hybridized carbons (Fsp3) is 0.211. The molecule has 0 radical (unpaired) electrons. The second-order valence-corrected chi connectivity index (χ2v) is 6.77. The van der Waals surface area contributed by atoms with Crippen molar-refractivity contribution in [1.29, 1.82) is 0 Å². The van der Waals surface area contributed by atoms with E-state index in [2.05, 4.69) is 41.3 Å². The minimum Gasteiger partial charge on any atom is -0.289 e. The molecule has 0 aliphatic rings. The number of carbonyl (C=O) groups excluding carboxylic acids is 1. The molecular weight excluding hydrogens is 319 g/mol. The van der Waals surface area contributed by atoms with E-state index in [9.17, 15) is 9.18 Å². The first kappa shape index (κ1) is 16.8. The van der Waals surface area contributed by atoms with Crippen molar-refractivity contribution in [3.8, 4) is 11.4 Å². The highest BCUT2D eigenvalue weighted by Gasteiger charge is 2.15. The third kappa shape index (κ3) is 3.74. The van der Waals surface area contributed by atoms with E-state index in [1.165, 1.54) is 23.8 Å². The largest absolute Gasteiger partial charge is 0.289 e. The molecule has 128 valence electrons. The van der Waals surface area contributed by atoms with Gasteiger partial charge in [-0.15, -0.1) is 5.10 Å². The molecule has 0 spiro atoms. The molecule has 0 atom stereocenters. The summed E-state index contributed by atoms with van der Waals surface area (Å²) in [7, 11) is 0. The number of aromatic amines is 1. The van der Waals surface area contributed by atoms with Crippen LogP contribution in [0.1, 0.15) is 36.7 Å². The monoisotopic (exact) mass is 338 g/mol. The van der Waals surface area contributed by atoms with E-state index in [-0.39, 0.29) is 16.9 Å². The molecule has 0 aliphatic heterocycles. The number of aromatic nitrogens is 3. The molecule has 0 unspecified atom stereocenters. The molecule has 0 bridgehead atoms. The Bertz CT molecular complexity index is 894. The number of hydrogen-bond donors (Lipinski definition) is 2. The van der Waals surface area contributed by atoms with E-state index in [0.717, 1.165) is 5.56 Å². The van der Waals surface area contributed by atoms with E-state index < -0.39 is 11.7 Å². The predicted molar refractivity (Wildman–Crippen MR) is 94.9 cm³/mol. The van der Waals surface area contributed by atoms with Crippen LogP contribution in [0, 0.1) is 5.82 Å². The molecular formula is C19H19FN4O. The normalized spacial score (nSPS) is 11.4. The zero-order chi connectivity index (χ0) is 18.0. The fourth-order valence-electron chi connectivity index (χ4n) is 2.39. The van der Waals surface area contributed by atoms with Gasteiger partial charge in [-0.1, -0.05) is 57.2 Å². The van der Waals surface area contributed by atoms with Gasteiger partial charge in [0.25, 0.3) is 5.91 Å². The molecule has 0 fully saturated rings. The van der Waals surface area contributed by atoms with Crippen LogP contribution in [0.15, 0.2) is 48.5 Å². The van der Waals surface area contributed by atoms with Gasteiger partial charge >= 0.3 is 0 Å². The van der Waals surface area contributed by atoms with Crippen LogP contribution < -0.4 is 5.32 Å². The molecule has 3 aromatic rings. The molecule has 2 N–H and O–H groups in total. The van der Waals surface area contributed by atoms with Gasteiger partial charge in [0.1, 0.15) is 5.82 Å². The minimum absolute atomic E-state index is 0.0524. The Morgan fingerprint density at radius 3 is 2.40 bits per heavy atom. The summed E-state index contributed by atoms with van der Waals surface area (Å²) in [6.07, 6.45) is 0. The number of benzene rings is 2. The highest BCUT2D eigenvalue weighted by atomic mass is 19.1. The van der Waals surface area contributed by atoms with E-state index >= 15 is 0 Å². The molecule has 0 saturated carbocycles. The van der Waals surface area contributed by atoms with Crippen LogP contribution in [0.3, 0.4) is 0 Å². The molecule has 1 aromatic heterocycles. The van der Waals surface area contributed by atoms with Gasteiger partial charge in [-0.2, -0.15) is 4.98 Å². The first-order valence-corrected chi connectivity index (χ1v) is 7.94. The number of H-pyrrole nitrogens is 1. The van der Waals surface area contributed by atoms with Crippen molar-refractivity contribution < 1.29 is 9.18 Å². The summed E-state index contributed by atoms with van der Waals surface area (Å²) in [5.41, 5.74) is 2.08. The van der Waals surface area contributed by atoms with Crippen LogP contribution in [-0.4, -0.2) is 21.1 Å². The quantitative estimate of drug-likeness (QED) is 0.753. The summed E-state index contributed by atoms with van der Waals surface area (Å²) in [5.74, 6) is -0.548. The fourth-order valence-corrected chi connectivity index (χ4v) is 2.39. The van der Waals surface area contributed by atoms with Gasteiger partial charge in [0.15, 0.2) is 5.82 Å². The highest BCUT2D eigenvalue weighted by molar-refractivity contribution is 6.03. The average molecular weight is 338 g/mol. The third-order valence-electron chi connectivity index (χ3n) is 3.85. The van der Waals surface area contributed by atoms with Crippen molar-refractivity contribution in [2.75, 3.05) is 5.32 Å². The Morgan fingerprint density at radius 2 is 1.76 bits per heavy atom. The van der Waals surface area contributed by atoms with Crippen molar-refractivity contribution in [3.05, 3.63) is 65.5 Å². The Kier molecular flexibility index (Phi) is 4.35. The van der Waals surface area contributed by atoms with Gasteiger partial charge in [0, 0.05) is 5.56 Å². The SMILES string of the molecule is CC(C)(C)c1ccc(-c2nc(NC(=O)c3ccccc3F)n[nH]2)cc1. The Labute approximate surface area is 145 Å². The molecule has 0 aliphatic carbocycles. The maximum Gasteiger partial charge on any atom is 0.261 e. The molecule has 6 heteroatoms. The molecule has 5 nitrogen and oxygen atoms in total. The predicted octanol–water partition coefficient (Wildman–Crippen LogP) is 4.16. The van der Waals surface area contributed by atoms with Gasteiger partial charge in [0.05, 0.1) is 5.56 Å². The van der Waals surface area contributed by atoms with E-state index in [1.54, 1.807) is 6.07 Å². The Morgan fingerprint density at radius 1 is 1.08 bits per heavy atom. The second-order valence-electron chi connectivity index (χ2n) is 6.77. The number of carbonyl (C=O) groups is 1. The first-order valence-electron chi connectivity index (χ1n) is 7.94. The van der Waals surface area contributed by atoms with Gasteiger partial charge < -0.3 is 0 Å². The summed E-state index contributed by atoms with van der Waals surface area (Å²) in [6.45, 7) is 6.44. The van der Waals surface area contributed by atoms with E-state index in [1.807, 2.05) is 24.3 Å². The number of rotatable bonds is 3. The van der Waals surface area contributed by atoms with E-state index in [4.69, 9.17) is 0 Å². The van der Waals surface area contributed by atoms with Gasteiger partial charge in [-0.25, -0.2) is 4.39 Å². The average Bonchev–Trinajstić information content (AvgIpc) is 3.03. The lowest BCUT2D eigenvalue weighted by Gasteiger charge is -2.18. The van der Waals surface area contributed by atoms with Crippen LogP contribution in [0.25, 0.3) is 11.4 Å². The zero-order valence-electron chi connectivity index (χ0n) is 14.3. The maximum atomic E-state index is 13.6. The number of halogens is 1. The molecule has 1 heterocycles. The highest BCUT2D eigenvalue weighted by Crippen LogP contribution is 2.25. The van der Waals surface area contributed by atoms with Crippen molar-refractivity contribution in [3.63, 3.8) is 0 Å². The lowest BCUT2D eigenvalue weighted by Crippen LogP contribution is -2.14. The zero-order valence-corrected chi connectivity index (χ0v) is 14.3. The lowest BCUT2D eigenvalue weighted by atomic mass is 9.87. The van der Waals surface area contributed by atoms with Crippen molar-refractivity contribution >= 4 is 11.9 Å². The number of nitrogens with zero attached hydrogens (tertiary/aromatic N) is 2. The maximum absolute atomic E-state index is 13.6. The molecule has 2 aromatic carbocycles. The van der Waals surface area contributed by atoms with Crippen LogP contribution in [0.5, 0.6) is 0 Å². The number of amides is 1. The van der Waals surface area contributed by atoms with Crippen molar-refractivity contribution in [2.45, 2.75) is 26.2 Å². The Hall–Kier alpha value is -3.02. The lowest BCUT2D eigenvalue weighted by molar-refractivity contribution is 0.102. The topological polar surface area (TPSA) is 70.7 Å². The second kappa shape index (κ2) is 6.47. The summed E-state index contributed by atoms with van der Waals surface area (Å²) < 4.78 is 13.6. The first-order chi connectivity index (χ1) is 11.8. The van der Waals surface area contributed by atoms with Crippen LogP contribution in [-0.2, 0) is 5.41 Å². The van der Waals surface area contributed by atoms with Crippen LogP contribution in [0.4, 0.5) is 10.3 Å². The van der Waals surface area contributed by atoms with Gasteiger partial charge in [-0.05, 0) is 23.1 Å². The summed E-state index contributed by atoms with van der Waals surface area (Å²) >= 11 is 0. The third-order valence-corrected chi connectivity index (χ3v) is 3.85. The molecule has 0 saturated heterocycles. The van der Waals surface area contributed by atoms with Gasteiger partial charge in [-0.3, -0.25) is 15.2 Å². The summed E-state index contributed by atoms with van der Waals surface area (Å²) in [6, 6.07) is 13.7. The minimum atomic E-state index is -0.591. The molecule has 1 amide bonds. The number of anilines is 1. The van der Waals surface area contributed by atoms with Crippen molar-refractivity contribution in [2.24, 2.45) is 0 Å². The summed E-state index contributed by atoms with van der Waals surface area (Å²) in [4.78, 5) is 16.3. The van der Waals surface area contributed by atoms with Crippen LogP contribution in [0.2, 0.25) is 0 Å². The van der Waals surface area contributed by atoms with Crippen molar-refractivity contribution in [1.82, 2.24) is 15.2 Å². The Balaban J connectivity index is 1.76. The molecule has 25 heavy (non-hydrogen) atoms. The van der Waals surface area contributed by atoms with Crippen LogP contribution >= 0.6 is 0 Å². The molecule has 3 rings (SSSR count).